The summed E-state index contributed by atoms with van der Waals surface area (Å²) in [5.41, 5.74) is 0. The highest BCUT2D eigenvalue weighted by atomic mass is 19.1. The smallest absolute Gasteiger partial charge is 0.239 e. The first-order valence-electron chi connectivity index (χ1n) is 4.08. The SMILES string of the molecule is CN(C)C(=O)C1C[C@H](F)CN1C. The van der Waals surface area contributed by atoms with Crippen molar-refractivity contribution in [3.63, 3.8) is 0 Å². The number of hydrogen-bond donors (Lipinski definition) is 0. The maximum Gasteiger partial charge on any atom is 0.239 e. The van der Waals surface area contributed by atoms with Gasteiger partial charge in [-0.2, -0.15) is 0 Å². The third-order valence-corrected chi connectivity index (χ3v) is 2.22. The van der Waals surface area contributed by atoms with Gasteiger partial charge in [0.15, 0.2) is 0 Å². The lowest BCUT2D eigenvalue weighted by atomic mass is 10.2. The summed E-state index contributed by atoms with van der Waals surface area (Å²) in [4.78, 5) is 14.7. The molecule has 3 nitrogen and oxygen atoms in total. The summed E-state index contributed by atoms with van der Waals surface area (Å²) in [6.07, 6.45) is -0.503. The second kappa shape index (κ2) is 3.39. The molecule has 1 amide bonds. The number of amides is 1. The molecule has 12 heavy (non-hydrogen) atoms. The van der Waals surface area contributed by atoms with E-state index in [4.69, 9.17) is 0 Å². The molecule has 0 radical (unpaired) electrons. The molecule has 1 heterocycles. The summed E-state index contributed by atoms with van der Waals surface area (Å²) < 4.78 is 12.8. The van der Waals surface area contributed by atoms with Gasteiger partial charge in [-0.1, -0.05) is 0 Å². The predicted molar refractivity (Wildman–Crippen MR) is 44.6 cm³/mol. The van der Waals surface area contributed by atoms with Crippen molar-refractivity contribution in [2.75, 3.05) is 27.7 Å². The van der Waals surface area contributed by atoms with Crippen LogP contribution in [-0.4, -0.2) is 55.6 Å². The van der Waals surface area contributed by atoms with E-state index in [1.54, 1.807) is 26.0 Å². The van der Waals surface area contributed by atoms with Crippen LogP contribution >= 0.6 is 0 Å². The Labute approximate surface area is 72.1 Å². The van der Waals surface area contributed by atoms with E-state index in [2.05, 4.69) is 0 Å². The van der Waals surface area contributed by atoms with Crippen LogP contribution in [0, 0.1) is 0 Å². The molecule has 0 aromatic rings. The van der Waals surface area contributed by atoms with Crippen LogP contribution in [0.15, 0.2) is 0 Å². The molecule has 0 bridgehead atoms. The number of halogens is 1. The van der Waals surface area contributed by atoms with E-state index in [0.717, 1.165) is 0 Å². The molecule has 0 aromatic carbocycles. The minimum atomic E-state index is -0.844. The van der Waals surface area contributed by atoms with Crippen LogP contribution in [-0.2, 0) is 4.79 Å². The van der Waals surface area contributed by atoms with Crippen LogP contribution in [0.3, 0.4) is 0 Å². The molecule has 1 aliphatic heterocycles. The fraction of sp³-hybridized carbons (Fsp3) is 0.875. The Morgan fingerprint density at radius 2 is 2.17 bits per heavy atom. The Kier molecular flexibility index (Phi) is 2.67. The zero-order chi connectivity index (χ0) is 9.30. The number of carbonyl (C=O) groups is 1. The molecular weight excluding hydrogens is 159 g/mol. The van der Waals surface area contributed by atoms with Gasteiger partial charge in [-0.15, -0.1) is 0 Å². The van der Waals surface area contributed by atoms with Crippen molar-refractivity contribution in [1.82, 2.24) is 9.80 Å². The summed E-state index contributed by atoms with van der Waals surface area (Å²) in [7, 11) is 5.18. The van der Waals surface area contributed by atoms with Gasteiger partial charge in [0, 0.05) is 27.1 Å². The highest BCUT2D eigenvalue weighted by Crippen LogP contribution is 2.19. The standard InChI is InChI=1S/C8H15FN2O/c1-10(2)8(12)7-4-6(9)5-11(7)3/h6-7H,4-5H2,1-3H3/t6-,7?/m0/s1. The third-order valence-electron chi connectivity index (χ3n) is 2.22. The molecular formula is C8H15FN2O. The van der Waals surface area contributed by atoms with Crippen LogP contribution in [0.2, 0.25) is 0 Å². The van der Waals surface area contributed by atoms with E-state index in [1.807, 2.05) is 0 Å². The van der Waals surface area contributed by atoms with Crippen LogP contribution in [0.4, 0.5) is 4.39 Å². The molecule has 2 atom stereocenters. The van der Waals surface area contributed by atoms with E-state index < -0.39 is 6.17 Å². The van der Waals surface area contributed by atoms with Crippen molar-refractivity contribution in [2.24, 2.45) is 0 Å². The van der Waals surface area contributed by atoms with Crippen LogP contribution in [0.5, 0.6) is 0 Å². The van der Waals surface area contributed by atoms with Crippen molar-refractivity contribution in [3.05, 3.63) is 0 Å². The van der Waals surface area contributed by atoms with Gasteiger partial charge in [-0.3, -0.25) is 9.69 Å². The van der Waals surface area contributed by atoms with E-state index in [9.17, 15) is 9.18 Å². The van der Waals surface area contributed by atoms with Crippen molar-refractivity contribution < 1.29 is 9.18 Å². The minimum absolute atomic E-state index is 0.00218. The molecule has 1 rings (SSSR count). The van der Waals surface area contributed by atoms with Gasteiger partial charge >= 0.3 is 0 Å². The van der Waals surface area contributed by atoms with Gasteiger partial charge < -0.3 is 4.90 Å². The molecule has 1 fully saturated rings. The van der Waals surface area contributed by atoms with Crippen LogP contribution < -0.4 is 0 Å². The average molecular weight is 174 g/mol. The minimum Gasteiger partial charge on any atom is -0.347 e. The monoisotopic (exact) mass is 174 g/mol. The van der Waals surface area contributed by atoms with Crippen molar-refractivity contribution >= 4 is 5.91 Å². The van der Waals surface area contributed by atoms with Crippen LogP contribution in [0.1, 0.15) is 6.42 Å². The summed E-state index contributed by atoms with van der Waals surface area (Å²) >= 11 is 0. The molecule has 0 spiro atoms. The van der Waals surface area contributed by atoms with E-state index in [1.165, 1.54) is 4.90 Å². The van der Waals surface area contributed by atoms with Gasteiger partial charge in [0.05, 0.1) is 6.04 Å². The van der Waals surface area contributed by atoms with Crippen molar-refractivity contribution in [1.29, 1.82) is 0 Å². The second-order valence-electron chi connectivity index (χ2n) is 3.52. The Balaban J connectivity index is 2.58. The Morgan fingerprint density at radius 3 is 2.50 bits per heavy atom. The zero-order valence-corrected chi connectivity index (χ0v) is 7.75. The van der Waals surface area contributed by atoms with Gasteiger partial charge in [0.2, 0.25) is 5.91 Å². The quantitative estimate of drug-likeness (QED) is 0.563. The number of nitrogens with zero attached hydrogens (tertiary/aromatic N) is 2. The molecule has 0 aliphatic carbocycles. The lowest BCUT2D eigenvalue weighted by Crippen LogP contribution is -2.40. The first-order chi connectivity index (χ1) is 5.52. The molecule has 0 saturated carbocycles. The fourth-order valence-corrected chi connectivity index (χ4v) is 1.52. The third kappa shape index (κ3) is 1.75. The summed E-state index contributed by atoms with van der Waals surface area (Å²) in [6, 6.07) is -0.255. The molecule has 1 saturated heterocycles. The predicted octanol–water partition coefficient (Wildman–Crippen LogP) is 0.117. The number of alkyl halides is 1. The summed E-state index contributed by atoms with van der Waals surface area (Å²) in [5.74, 6) is -0.00218. The molecule has 4 heteroatoms. The molecule has 1 aliphatic rings. The summed E-state index contributed by atoms with van der Waals surface area (Å²) in [6.45, 7) is 0.379. The maximum absolute atomic E-state index is 12.8. The second-order valence-corrected chi connectivity index (χ2v) is 3.52. The Morgan fingerprint density at radius 1 is 1.58 bits per heavy atom. The Bertz CT molecular complexity index is 184. The number of hydrogen-bond acceptors (Lipinski definition) is 2. The van der Waals surface area contributed by atoms with Crippen LogP contribution in [0.25, 0.3) is 0 Å². The zero-order valence-electron chi connectivity index (χ0n) is 7.75. The summed E-state index contributed by atoms with van der Waals surface area (Å²) in [5, 5.41) is 0. The highest BCUT2D eigenvalue weighted by Gasteiger charge is 2.34. The van der Waals surface area contributed by atoms with Gasteiger partial charge in [-0.05, 0) is 7.05 Å². The van der Waals surface area contributed by atoms with E-state index in [-0.39, 0.29) is 11.9 Å². The van der Waals surface area contributed by atoms with Gasteiger partial charge in [0.1, 0.15) is 6.17 Å². The first kappa shape index (κ1) is 9.45. The fourth-order valence-electron chi connectivity index (χ4n) is 1.52. The largest absolute Gasteiger partial charge is 0.347 e. The lowest BCUT2D eigenvalue weighted by Gasteiger charge is -2.21. The topological polar surface area (TPSA) is 23.6 Å². The number of likely N-dealkylation sites (tertiary alicyclic amines) is 1. The van der Waals surface area contributed by atoms with Gasteiger partial charge in [0.25, 0.3) is 0 Å². The number of likely N-dealkylation sites (N-methyl/N-ethyl adjacent to an activating group) is 2. The average Bonchev–Trinajstić information content (AvgIpc) is 2.28. The number of carbonyl (C=O) groups excluding carboxylic acids is 1. The van der Waals surface area contributed by atoms with Crippen molar-refractivity contribution in [3.8, 4) is 0 Å². The molecule has 70 valence electrons. The maximum atomic E-state index is 12.8. The molecule has 1 unspecified atom stereocenters. The van der Waals surface area contributed by atoms with Gasteiger partial charge in [-0.25, -0.2) is 4.39 Å². The lowest BCUT2D eigenvalue weighted by molar-refractivity contribution is -0.132. The van der Waals surface area contributed by atoms with E-state index in [0.29, 0.717) is 13.0 Å². The number of rotatable bonds is 1. The Hall–Kier alpha value is -0.640. The van der Waals surface area contributed by atoms with Crippen molar-refractivity contribution in [2.45, 2.75) is 18.6 Å². The highest BCUT2D eigenvalue weighted by molar-refractivity contribution is 5.81. The first-order valence-corrected chi connectivity index (χ1v) is 4.08. The van der Waals surface area contributed by atoms with E-state index >= 15 is 0 Å². The molecule has 0 N–H and O–H groups in total. The molecule has 0 aromatic heterocycles. The normalized spacial score (nSPS) is 30.7.